The van der Waals surface area contributed by atoms with Crippen molar-refractivity contribution in [2.75, 3.05) is 13.1 Å². The molecule has 8 heteroatoms. The van der Waals surface area contributed by atoms with Crippen LogP contribution in [0.5, 0.6) is 0 Å². The molecule has 1 saturated carbocycles. The molecule has 2 fully saturated rings. The lowest BCUT2D eigenvalue weighted by atomic mass is 10.1. The van der Waals surface area contributed by atoms with Crippen LogP contribution in [0.4, 0.5) is 0 Å². The number of carbonyl (C=O) groups is 1. The Labute approximate surface area is 179 Å². The molecule has 0 radical (unpaired) electrons. The first kappa shape index (κ1) is 19.8. The second-order valence-electron chi connectivity index (χ2n) is 9.01. The predicted molar refractivity (Wildman–Crippen MR) is 119 cm³/mol. The molecule has 0 bridgehead atoms. The van der Waals surface area contributed by atoms with Gasteiger partial charge in [-0.15, -0.1) is 11.3 Å². The molecule has 0 aromatic carbocycles. The van der Waals surface area contributed by atoms with Crippen molar-refractivity contribution in [3.05, 3.63) is 33.7 Å². The zero-order valence-electron chi connectivity index (χ0n) is 17.6. The first-order valence-corrected chi connectivity index (χ1v) is 11.9. The molecule has 1 saturated heterocycles. The van der Waals surface area contributed by atoms with E-state index in [1.54, 1.807) is 11.3 Å². The molecule has 5 rings (SSSR count). The minimum Gasteiger partial charge on any atom is -0.350 e. The first-order valence-electron chi connectivity index (χ1n) is 11.0. The minimum atomic E-state index is -0.210. The fraction of sp³-hybridized carbons (Fsp3) is 0.591. The summed E-state index contributed by atoms with van der Waals surface area (Å²) in [6.45, 7) is 6.15. The fourth-order valence-corrected chi connectivity index (χ4v) is 5.51. The van der Waals surface area contributed by atoms with Gasteiger partial charge in [0.05, 0.1) is 0 Å². The number of hydrogen-bond acceptors (Lipinski definition) is 5. The second kappa shape index (κ2) is 7.81. The molecule has 0 unspecified atom stereocenters. The number of aromatic nitrogens is 3. The number of carbonyl (C=O) groups excluding carboxylic acids is 1. The Morgan fingerprint density at radius 1 is 1.30 bits per heavy atom. The molecule has 3 aromatic heterocycles. The Morgan fingerprint density at radius 3 is 2.90 bits per heavy atom. The minimum absolute atomic E-state index is 0.0339. The maximum Gasteiger partial charge on any atom is 0.291 e. The monoisotopic (exact) mass is 427 g/mol. The molecule has 160 valence electrons. The molecule has 1 amide bonds. The highest BCUT2D eigenvalue weighted by Gasteiger charge is 2.32. The summed E-state index contributed by atoms with van der Waals surface area (Å²) in [6.07, 6.45) is 5.91. The summed E-state index contributed by atoms with van der Waals surface area (Å²) in [5.74, 6) is 0.818. The third-order valence-electron chi connectivity index (χ3n) is 6.26. The number of fused-ring (bicyclic) bond motifs is 3. The van der Waals surface area contributed by atoms with Crippen LogP contribution >= 0.6 is 11.3 Å². The van der Waals surface area contributed by atoms with Gasteiger partial charge in [-0.25, -0.2) is 4.68 Å². The topological polar surface area (TPSA) is 71.6 Å². The average molecular weight is 428 g/mol. The normalized spacial score (nSPS) is 20.8. The van der Waals surface area contributed by atoms with Gasteiger partial charge in [-0.1, -0.05) is 20.3 Å². The van der Waals surface area contributed by atoms with Crippen molar-refractivity contribution in [2.45, 2.75) is 70.5 Å². The van der Waals surface area contributed by atoms with Crippen LogP contribution in [0.2, 0.25) is 0 Å². The van der Waals surface area contributed by atoms with Crippen LogP contribution < -0.4 is 10.9 Å². The van der Waals surface area contributed by atoms with Crippen molar-refractivity contribution >= 4 is 33.0 Å². The third kappa shape index (κ3) is 3.67. The highest BCUT2D eigenvalue weighted by Crippen LogP contribution is 2.29. The van der Waals surface area contributed by atoms with Crippen LogP contribution in [0.3, 0.4) is 0 Å². The van der Waals surface area contributed by atoms with E-state index in [1.807, 2.05) is 21.9 Å². The zero-order chi connectivity index (χ0) is 20.8. The summed E-state index contributed by atoms with van der Waals surface area (Å²) in [6, 6.07) is 4.80. The summed E-state index contributed by atoms with van der Waals surface area (Å²) >= 11 is 1.61. The summed E-state index contributed by atoms with van der Waals surface area (Å²) < 4.78 is 3.30. The molecule has 0 spiro atoms. The molecule has 1 aliphatic heterocycles. The number of nitrogens with one attached hydrogen (secondary N) is 1. The van der Waals surface area contributed by atoms with E-state index in [-0.39, 0.29) is 30.0 Å². The Hall–Kier alpha value is -2.19. The summed E-state index contributed by atoms with van der Waals surface area (Å²) in [4.78, 5) is 29.5. The highest BCUT2D eigenvalue weighted by molar-refractivity contribution is 7.16. The number of rotatable bonds is 5. The standard InChI is InChI=1S/C22H29N5O2S/c1-14(2)20-24-26(21(29)18-11-15-8-10-30-22(15)27(18)20)13-19(28)23-16-5-3-4-9-25(12-16)17-6-7-17/h8,10-11,14,16-17H,3-7,9,12-13H2,1-2H3,(H,23,28)/t16-/m1/s1. The Kier molecular flexibility index (Phi) is 5.14. The van der Waals surface area contributed by atoms with Crippen LogP contribution in [0.15, 0.2) is 22.3 Å². The van der Waals surface area contributed by atoms with E-state index in [1.165, 1.54) is 23.9 Å². The lowest BCUT2D eigenvalue weighted by Crippen LogP contribution is -2.45. The largest absolute Gasteiger partial charge is 0.350 e. The third-order valence-corrected chi connectivity index (χ3v) is 7.17. The van der Waals surface area contributed by atoms with E-state index in [4.69, 9.17) is 0 Å². The molecule has 4 heterocycles. The van der Waals surface area contributed by atoms with E-state index in [0.717, 1.165) is 42.0 Å². The quantitative estimate of drug-likeness (QED) is 0.680. The lowest BCUT2D eigenvalue weighted by molar-refractivity contribution is -0.122. The van der Waals surface area contributed by atoms with Gasteiger partial charge in [-0.05, 0) is 49.7 Å². The Balaban J connectivity index is 1.39. The van der Waals surface area contributed by atoms with Crippen LogP contribution in [0.25, 0.3) is 15.7 Å². The van der Waals surface area contributed by atoms with Crippen molar-refractivity contribution in [2.24, 2.45) is 0 Å². The van der Waals surface area contributed by atoms with E-state index >= 15 is 0 Å². The van der Waals surface area contributed by atoms with Crippen LogP contribution in [0.1, 0.15) is 57.7 Å². The summed E-state index contributed by atoms with van der Waals surface area (Å²) in [5, 5.41) is 10.9. The molecular formula is C22H29N5O2S. The number of likely N-dealkylation sites (tertiary alicyclic amines) is 1. The first-order chi connectivity index (χ1) is 14.5. The van der Waals surface area contributed by atoms with Gasteiger partial charge in [0, 0.05) is 29.9 Å². The second-order valence-corrected chi connectivity index (χ2v) is 9.90. The lowest BCUT2D eigenvalue weighted by Gasteiger charge is -2.24. The van der Waals surface area contributed by atoms with Gasteiger partial charge >= 0.3 is 0 Å². The van der Waals surface area contributed by atoms with E-state index < -0.39 is 0 Å². The van der Waals surface area contributed by atoms with Gasteiger partial charge in [0.15, 0.2) is 0 Å². The maximum atomic E-state index is 13.1. The Morgan fingerprint density at radius 2 is 2.13 bits per heavy atom. The van der Waals surface area contributed by atoms with E-state index in [0.29, 0.717) is 11.6 Å². The van der Waals surface area contributed by atoms with E-state index in [2.05, 4.69) is 29.2 Å². The van der Waals surface area contributed by atoms with Gasteiger partial charge in [-0.3, -0.25) is 18.9 Å². The van der Waals surface area contributed by atoms with Crippen LogP contribution in [-0.2, 0) is 11.3 Å². The van der Waals surface area contributed by atoms with Crippen molar-refractivity contribution in [3.63, 3.8) is 0 Å². The smallest absolute Gasteiger partial charge is 0.291 e. The molecule has 30 heavy (non-hydrogen) atoms. The average Bonchev–Trinajstić information content (AvgIpc) is 3.39. The van der Waals surface area contributed by atoms with Crippen molar-refractivity contribution < 1.29 is 4.79 Å². The molecule has 3 aromatic rings. The van der Waals surface area contributed by atoms with Gasteiger partial charge in [0.1, 0.15) is 22.7 Å². The van der Waals surface area contributed by atoms with Crippen molar-refractivity contribution in [3.8, 4) is 0 Å². The van der Waals surface area contributed by atoms with Gasteiger partial charge < -0.3 is 5.32 Å². The molecule has 1 atom stereocenters. The number of hydrogen-bond donors (Lipinski definition) is 1. The number of amides is 1. The van der Waals surface area contributed by atoms with Crippen molar-refractivity contribution in [1.29, 1.82) is 0 Å². The maximum absolute atomic E-state index is 13.1. The molecule has 1 aliphatic carbocycles. The highest BCUT2D eigenvalue weighted by atomic mass is 32.1. The molecule has 2 aliphatic rings. The Bertz CT molecular complexity index is 1140. The molecular weight excluding hydrogens is 398 g/mol. The van der Waals surface area contributed by atoms with Crippen LogP contribution in [-0.4, -0.2) is 50.2 Å². The molecule has 1 N–H and O–H groups in total. The SMILES string of the molecule is CC(C)c1nn(CC(=O)N[C@@H]2CCCCN(C3CC3)C2)c(=O)c2cc3ccsc3n12. The summed E-state index contributed by atoms with van der Waals surface area (Å²) in [5.41, 5.74) is 0.385. The van der Waals surface area contributed by atoms with Gasteiger partial charge in [0.25, 0.3) is 5.56 Å². The fourth-order valence-electron chi connectivity index (χ4n) is 4.61. The predicted octanol–water partition coefficient (Wildman–Crippen LogP) is 2.97. The van der Waals surface area contributed by atoms with Gasteiger partial charge in [-0.2, -0.15) is 5.10 Å². The molecule has 7 nitrogen and oxygen atoms in total. The number of thiophene rings is 1. The van der Waals surface area contributed by atoms with Crippen LogP contribution in [0, 0.1) is 0 Å². The zero-order valence-corrected chi connectivity index (χ0v) is 18.5. The van der Waals surface area contributed by atoms with Gasteiger partial charge in [0.2, 0.25) is 5.91 Å². The van der Waals surface area contributed by atoms with E-state index in [9.17, 15) is 9.59 Å². The summed E-state index contributed by atoms with van der Waals surface area (Å²) in [7, 11) is 0. The van der Waals surface area contributed by atoms with Crippen molar-refractivity contribution in [1.82, 2.24) is 24.4 Å². The number of nitrogens with zero attached hydrogens (tertiary/aromatic N) is 4.